The number of carboxylic acid groups (broad SMARTS) is 1. The minimum absolute atomic E-state index is 0.00352. The Balaban J connectivity index is 1.81. The van der Waals surface area contributed by atoms with Gasteiger partial charge in [0, 0.05) is 19.5 Å². The van der Waals surface area contributed by atoms with Crippen LogP contribution in [0.4, 0.5) is 0 Å². The predicted octanol–water partition coefficient (Wildman–Crippen LogP) is 3.20. The van der Waals surface area contributed by atoms with E-state index in [1.54, 1.807) is 4.90 Å². The number of aliphatic carboxylic acids is 1. The Morgan fingerprint density at radius 1 is 1.23 bits per heavy atom. The lowest BCUT2D eigenvalue weighted by molar-refractivity contribution is -0.151. The molecule has 0 spiro atoms. The van der Waals surface area contributed by atoms with Gasteiger partial charge in [0.05, 0.1) is 18.6 Å². The maximum Gasteiger partial charge on any atom is 0.311 e. The van der Waals surface area contributed by atoms with E-state index in [-0.39, 0.29) is 11.8 Å². The fourth-order valence-corrected chi connectivity index (χ4v) is 3.35. The number of likely N-dealkylation sites (tertiary alicyclic amines) is 1. The molecule has 1 heterocycles. The number of amides is 1. The molecule has 6 nitrogen and oxygen atoms in total. The third-order valence-corrected chi connectivity index (χ3v) is 5.13. The Morgan fingerprint density at radius 2 is 1.88 bits per heavy atom. The number of benzene rings is 1. The number of hydrogen-bond donors (Lipinski definition) is 1. The zero-order chi connectivity index (χ0) is 19.2. The Kier molecular flexibility index (Phi) is 6.89. The van der Waals surface area contributed by atoms with Gasteiger partial charge in [0.25, 0.3) is 0 Å². The van der Waals surface area contributed by atoms with Crippen molar-refractivity contribution in [1.82, 2.24) is 4.90 Å². The molecule has 1 aromatic carbocycles. The minimum Gasteiger partial charge on any atom is -0.490 e. The molecule has 0 saturated carbocycles. The third kappa shape index (κ3) is 4.48. The van der Waals surface area contributed by atoms with E-state index in [0.29, 0.717) is 57.1 Å². The van der Waals surface area contributed by atoms with E-state index in [2.05, 4.69) is 0 Å². The van der Waals surface area contributed by atoms with Crippen molar-refractivity contribution in [3.63, 3.8) is 0 Å². The summed E-state index contributed by atoms with van der Waals surface area (Å²) >= 11 is 0. The van der Waals surface area contributed by atoms with Crippen molar-refractivity contribution in [3.05, 3.63) is 24.3 Å². The van der Waals surface area contributed by atoms with Crippen LogP contribution in [0.3, 0.4) is 0 Å². The van der Waals surface area contributed by atoms with Crippen LogP contribution in [0.5, 0.6) is 11.5 Å². The summed E-state index contributed by atoms with van der Waals surface area (Å²) < 4.78 is 11.2. The molecule has 1 atom stereocenters. The molecule has 0 radical (unpaired) electrons. The molecule has 6 heteroatoms. The molecule has 1 N–H and O–H groups in total. The highest BCUT2D eigenvalue weighted by Crippen LogP contribution is 2.38. The third-order valence-electron chi connectivity index (χ3n) is 5.13. The molecule has 1 amide bonds. The Bertz CT molecular complexity index is 630. The number of carbonyl (C=O) groups excluding carboxylic acids is 1. The zero-order valence-electron chi connectivity index (χ0n) is 15.9. The number of ether oxygens (including phenoxy) is 2. The fourth-order valence-electron chi connectivity index (χ4n) is 3.35. The van der Waals surface area contributed by atoms with Crippen LogP contribution in [0.25, 0.3) is 0 Å². The number of para-hydroxylation sites is 2. The van der Waals surface area contributed by atoms with Gasteiger partial charge in [0.1, 0.15) is 0 Å². The SMILES string of the molecule is CCOc1ccccc1OCCCC(=O)N1CCC(C(=O)O)(C(C)C)C1. The number of carboxylic acids is 1. The summed E-state index contributed by atoms with van der Waals surface area (Å²) in [6.07, 6.45) is 1.45. The van der Waals surface area contributed by atoms with Crippen molar-refractivity contribution < 1.29 is 24.2 Å². The largest absolute Gasteiger partial charge is 0.490 e. The first-order valence-electron chi connectivity index (χ1n) is 9.26. The molecule has 1 aromatic rings. The average molecular weight is 363 g/mol. The maximum atomic E-state index is 12.4. The van der Waals surface area contributed by atoms with E-state index in [1.807, 2.05) is 45.0 Å². The van der Waals surface area contributed by atoms with E-state index >= 15 is 0 Å². The van der Waals surface area contributed by atoms with Gasteiger partial charge < -0.3 is 19.5 Å². The summed E-state index contributed by atoms with van der Waals surface area (Å²) in [4.78, 5) is 25.8. The molecular weight excluding hydrogens is 334 g/mol. The lowest BCUT2D eigenvalue weighted by Gasteiger charge is -2.28. The standard InChI is InChI=1S/C20H29NO5/c1-4-25-16-8-5-6-9-17(16)26-13-7-10-18(22)21-12-11-20(14-21,15(2)3)19(23)24/h5-6,8-9,15H,4,7,10-14H2,1-3H3,(H,23,24). The first kappa shape index (κ1) is 20.1. The van der Waals surface area contributed by atoms with Crippen molar-refractivity contribution in [2.45, 2.75) is 40.0 Å². The summed E-state index contributed by atoms with van der Waals surface area (Å²) in [6.45, 7) is 7.52. The normalized spacial score (nSPS) is 19.6. The van der Waals surface area contributed by atoms with Crippen LogP contribution in [0.2, 0.25) is 0 Å². The van der Waals surface area contributed by atoms with Crippen LogP contribution in [0.1, 0.15) is 40.0 Å². The van der Waals surface area contributed by atoms with Gasteiger partial charge in [0.15, 0.2) is 11.5 Å². The molecule has 0 bridgehead atoms. The smallest absolute Gasteiger partial charge is 0.311 e. The summed E-state index contributed by atoms with van der Waals surface area (Å²) in [7, 11) is 0. The molecule has 1 fully saturated rings. The van der Waals surface area contributed by atoms with Gasteiger partial charge in [-0.2, -0.15) is 0 Å². The van der Waals surface area contributed by atoms with Gasteiger partial charge in [0.2, 0.25) is 5.91 Å². The number of carbonyl (C=O) groups is 2. The molecule has 0 aliphatic carbocycles. The molecule has 2 rings (SSSR count). The highest BCUT2D eigenvalue weighted by Gasteiger charge is 2.48. The van der Waals surface area contributed by atoms with Crippen LogP contribution >= 0.6 is 0 Å². The second kappa shape index (κ2) is 8.92. The van der Waals surface area contributed by atoms with Crippen molar-refractivity contribution in [2.75, 3.05) is 26.3 Å². The van der Waals surface area contributed by atoms with E-state index in [0.717, 1.165) is 0 Å². The molecule has 26 heavy (non-hydrogen) atoms. The summed E-state index contributed by atoms with van der Waals surface area (Å²) in [5.41, 5.74) is -0.817. The maximum absolute atomic E-state index is 12.4. The van der Waals surface area contributed by atoms with Crippen LogP contribution in [-0.2, 0) is 9.59 Å². The monoisotopic (exact) mass is 363 g/mol. The molecule has 1 saturated heterocycles. The molecule has 1 aliphatic heterocycles. The van der Waals surface area contributed by atoms with Crippen molar-refractivity contribution in [2.24, 2.45) is 11.3 Å². The average Bonchev–Trinajstić information content (AvgIpc) is 3.07. The molecular formula is C20H29NO5. The Labute approximate surface area is 155 Å². The van der Waals surface area contributed by atoms with E-state index in [4.69, 9.17) is 9.47 Å². The minimum atomic E-state index is -0.817. The molecule has 1 unspecified atom stereocenters. The summed E-state index contributed by atoms with van der Waals surface area (Å²) in [6, 6.07) is 7.46. The van der Waals surface area contributed by atoms with Crippen LogP contribution in [0, 0.1) is 11.3 Å². The quantitative estimate of drug-likeness (QED) is 0.682. The first-order chi connectivity index (χ1) is 12.4. The van der Waals surface area contributed by atoms with Crippen LogP contribution < -0.4 is 9.47 Å². The summed E-state index contributed by atoms with van der Waals surface area (Å²) in [5, 5.41) is 9.57. The van der Waals surface area contributed by atoms with E-state index in [1.165, 1.54) is 0 Å². The number of nitrogens with zero attached hydrogens (tertiary/aromatic N) is 1. The molecule has 0 aromatic heterocycles. The van der Waals surface area contributed by atoms with Crippen LogP contribution in [0.15, 0.2) is 24.3 Å². The number of rotatable bonds is 9. The Morgan fingerprint density at radius 3 is 2.42 bits per heavy atom. The topological polar surface area (TPSA) is 76.1 Å². The molecule has 1 aliphatic rings. The highest BCUT2D eigenvalue weighted by molar-refractivity contribution is 5.80. The van der Waals surface area contributed by atoms with Crippen molar-refractivity contribution in [1.29, 1.82) is 0 Å². The lowest BCUT2D eigenvalue weighted by Crippen LogP contribution is -2.40. The van der Waals surface area contributed by atoms with Crippen molar-refractivity contribution in [3.8, 4) is 11.5 Å². The van der Waals surface area contributed by atoms with Crippen molar-refractivity contribution >= 4 is 11.9 Å². The summed E-state index contributed by atoms with van der Waals surface area (Å²) in [5.74, 6) is 0.557. The highest BCUT2D eigenvalue weighted by atomic mass is 16.5. The Hall–Kier alpha value is -2.24. The zero-order valence-corrected chi connectivity index (χ0v) is 15.9. The van der Waals surface area contributed by atoms with E-state index < -0.39 is 11.4 Å². The second-order valence-electron chi connectivity index (χ2n) is 7.01. The first-order valence-corrected chi connectivity index (χ1v) is 9.26. The van der Waals surface area contributed by atoms with Gasteiger partial charge in [-0.25, -0.2) is 0 Å². The van der Waals surface area contributed by atoms with Gasteiger partial charge in [-0.1, -0.05) is 26.0 Å². The van der Waals surface area contributed by atoms with Gasteiger partial charge in [-0.05, 0) is 37.8 Å². The fraction of sp³-hybridized carbons (Fsp3) is 0.600. The molecule has 144 valence electrons. The lowest BCUT2D eigenvalue weighted by atomic mass is 9.76. The van der Waals surface area contributed by atoms with Gasteiger partial charge >= 0.3 is 5.97 Å². The second-order valence-corrected chi connectivity index (χ2v) is 7.01. The number of hydrogen-bond acceptors (Lipinski definition) is 4. The van der Waals surface area contributed by atoms with Crippen LogP contribution in [-0.4, -0.2) is 48.2 Å². The van der Waals surface area contributed by atoms with E-state index in [9.17, 15) is 14.7 Å². The predicted molar refractivity (Wildman–Crippen MR) is 98.4 cm³/mol. The van der Waals surface area contributed by atoms with Gasteiger partial charge in [-0.3, -0.25) is 9.59 Å². The van der Waals surface area contributed by atoms with Gasteiger partial charge in [-0.15, -0.1) is 0 Å².